The van der Waals surface area contributed by atoms with Crippen LogP contribution in [0.5, 0.6) is 0 Å². The SMILES string of the molecule is Cc1cscc1C(N)CC1CC1. The highest BCUT2D eigenvalue weighted by Gasteiger charge is 2.25. The summed E-state index contributed by atoms with van der Waals surface area (Å²) in [5, 5.41) is 4.38. The number of rotatable bonds is 3. The van der Waals surface area contributed by atoms with Crippen LogP contribution in [0, 0.1) is 12.8 Å². The average molecular weight is 181 g/mol. The van der Waals surface area contributed by atoms with E-state index in [-0.39, 0.29) is 0 Å². The van der Waals surface area contributed by atoms with Gasteiger partial charge in [0.25, 0.3) is 0 Å². The molecule has 0 aliphatic heterocycles. The molecule has 0 radical (unpaired) electrons. The van der Waals surface area contributed by atoms with E-state index in [1.165, 1.54) is 30.4 Å². The molecule has 2 rings (SSSR count). The lowest BCUT2D eigenvalue weighted by Gasteiger charge is -2.09. The maximum Gasteiger partial charge on any atom is 0.0308 e. The van der Waals surface area contributed by atoms with Crippen LogP contribution in [0.25, 0.3) is 0 Å². The molecule has 1 saturated carbocycles. The van der Waals surface area contributed by atoms with Crippen molar-refractivity contribution >= 4 is 11.3 Å². The van der Waals surface area contributed by atoms with Crippen LogP contribution in [0.4, 0.5) is 0 Å². The minimum Gasteiger partial charge on any atom is -0.324 e. The van der Waals surface area contributed by atoms with E-state index in [1.807, 2.05) is 0 Å². The molecule has 1 fully saturated rings. The molecule has 1 aliphatic rings. The van der Waals surface area contributed by atoms with E-state index in [0.29, 0.717) is 6.04 Å². The number of aryl methyl sites for hydroxylation is 1. The van der Waals surface area contributed by atoms with Gasteiger partial charge in [-0.1, -0.05) is 12.8 Å². The number of hydrogen-bond donors (Lipinski definition) is 1. The average Bonchev–Trinajstić information content (AvgIpc) is 2.72. The number of nitrogens with two attached hydrogens (primary N) is 1. The van der Waals surface area contributed by atoms with Crippen molar-refractivity contribution < 1.29 is 0 Å². The van der Waals surface area contributed by atoms with Crippen LogP contribution in [0.1, 0.15) is 36.4 Å². The van der Waals surface area contributed by atoms with Crippen LogP contribution in [-0.2, 0) is 0 Å². The molecule has 12 heavy (non-hydrogen) atoms. The Morgan fingerprint density at radius 2 is 2.33 bits per heavy atom. The second-order valence-corrected chi connectivity index (χ2v) is 4.54. The highest BCUT2D eigenvalue weighted by molar-refractivity contribution is 7.08. The topological polar surface area (TPSA) is 26.0 Å². The molecule has 1 heterocycles. The fourth-order valence-corrected chi connectivity index (χ4v) is 2.51. The standard InChI is InChI=1S/C10H15NS/c1-7-5-12-6-9(7)10(11)4-8-2-3-8/h5-6,8,10H,2-4,11H2,1H3. The summed E-state index contributed by atoms with van der Waals surface area (Å²) in [6.07, 6.45) is 3.99. The van der Waals surface area contributed by atoms with Crippen molar-refractivity contribution in [2.45, 2.75) is 32.2 Å². The van der Waals surface area contributed by atoms with Crippen molar-refractivity contribution in [3.05, 3.63) is 21.9 Å². The third-order valence-electron chi connectivity index (χ3n) is 2.58. The molecule has 1 aromatic rings. The van der Waals surface area contributed by atoms with Gasteiger partial charge in [0, 0.05) is 6.04 Å². The molecule has 0 saturated heterocycles. The van der Waals surface area contributed by atoms with Gasteiger partial charge in [-0.3, -0.25) is 0 Å². The first-order valence-corrected chi connectivity index (χ1v) is 5.50. The van der Waals surface area contributed by atoms with Gasteiger partial charge < -0.3 is 5.73 Å². The summed E-state index contributed by atoms with van der Waals surface area (Å²) in [7, 11) is 0. The highest BCUT2D eigenvalue weighted by atomic mass is 32.1. The monoisotopic (exact) mass is 181 g/mol. The van der Waals surface area contributed by atoms with Gasteiger partial charge in [0.15, 0.2) is 0 Å². The van der Waals surface area contributed by atoms with Crippen LogP contribution >= 0.6 is 11.3 Å². The Morgan fingerprint density at radius 3 is 2.83 bits per heavy atom. The van der Waals surface area contributed by atoms with Crippen LogP contribution in [0.15, 0.2) is 10.8 Å². The van der Waals surface area contributed by atoms with Crippen molar-refractivity contribution in [3.63, 3.8) is 0 Å². The van der Waals surface area contributed by atoms with E-state index < -0.39 is 0 Å². The first kappa shape index (κ1) is 8.27. The third-order valence-corrected chi connectivity index (χ3v) is 3.46. The van der Waals surface area contributed by atoms with Gasteiger partial charge in [0.2, 0.25) is 0 Å². The van der Waals surface area contributed by atoms with E-state index in [1.54, 1.807) is 11.3 Å². The molecule has 1 aliphatic carbocycles. The summed E-state index contributed by atoms with van der Waals surface area (Å²) in [6.45, 7) is 2.15. The molecule has 2 N–H and O–H groups in total. The van der Waals surface area contributed by atoms with E-state index in [4.69, 9.17) is 5.73 Å². The quantitative estimate of drug-likeness (QED) is 0.762. The van der Waals surface area contributed by atoms with Crippen LogP contribution in [0.3, 0.4) is 0 Å². The minimum atomic E-state index is 0.295. The van der Waals surface area contributed by atoms with Crippen LogP contribution in [0.2, 0.25) is 0 Å². The third kappa shape index (κ3) is 1.70. The molecule has 66 valence electrons. The highest BCUT2D eigenvalue weighted by Crippen LogP contribution is 2.37. The molecule has 0 bridgehead atoms. The Morgan fingerprint density at radius 1 is 1.58 bits per heavy atom. The van der Waals surface area contributed by atoms with Crippen molar-refractivity contribution in [2.75, 3.05) is 0 Å². The van der Waals surface area contributed by atoms with E-state index >= 15 is 0 Å². The van der Waals surface area contributed by atoms with E-state index in [2.05, 4.69) is 17.7 Å². The van der Waals surface area contributed by atoms with Gasteiger partial charge in [-0.05, 0) is 41.1 Å². The fourth-order valence-electron chi connectivity index (χ4n) is 1.59. The van der Waals surface area contributed by atoms with Gasteiger partial charge in [0.05, 0.1) is 0 Å². The Kier molecular flexibility index (Phi) is 2.20. The molecule has 0 spiro atoms. The molecule has 1 nitrogen and oxygen atoms in total. The maximum atomic E-state index is 6.09. The number of hydrogen-bond acceptors (Lipinski definition) is 2. The van der Waals surface area contributed by atoms with Crippen LogP contribution < -0.4 is 5.73 Å². The zero-order valence-electron chi connectivity index (χ0n) is 7.42. The molecule has 2 heteroatoms. The van der Waals surface area contributed by atoms with Gasteiger partial charge in [-0.25, -0.2) is 0 Å². The Bertz CT molecular complexity index is 263. The van der Waals surface area contributed by atoms with Crippen molar-refractivity contribution in [2.24, 2.45) is 11.7 Å². The molecule has 0 amide bonds. The van der Waals surface area contributed by atoms with Gasteiger partial charge >= 0.3 is 0 Å². The molecule has 1 atom stereocenters. The lowest BCUT2D eigenvalue weighted by atomic mass is 10.0. The van der Waals surface area contributed by atoms with E-state index in [0.717, 1.165) is 5.92 Å². The second kappa shape index (κ2) is 3.19. The summed E-state index contributed by atoms with van der Waals surface area (Å²) in [5.41, 5.74) is 8.82. The predicted octanol–water partition coefficient (Wildman–Crippen LogP) is 2.86. The van der Waals surface area contributed by atoms with Gasteiger partial charge in [0.1, 0.15) is 0 Å². The van der Waals surface area contributed by atoms with Crippen molar-refractivity contribution in [3.8, 4) is 0 Å². The van der Waals surface area contributed by atoms with Gasteiger partial charge in [-0.15, -0.1) is 0 Å². The Balaban J connectivity index is 2.02. The zero-order chi connectivity index (χ0) is 8.55. The fraction of sp³-hybridized carbons (Fsp3) is 0.600. The summed E-state index contributed by atoms with van der Waals surface area (Å²) in [6, 6.07) is 0.295. The first-order valence-electron chi connectivity index (χ1n) is 4.55. The summed E-state index contributed by atoms with van der Waals surface area (Å²) in [5.74, 6) is 0.930. The minimum absolute atomic E-state index is 0.295. The summed E-state index contributed by atoms with van der Waals surface area (Å²) in [4.78, 5) is 0. The Hall–Kier alpha value is -0.340. The molecule has 0 aromatic carbocycles. The number of thiophene rings is 1. The predicted molar refractivity (Wildman–Crippen MR) is 53.3 cm³/mol. The largest absolute Gasteiger partial charge is 0.324 e. The first-order chi connectivity index (χ1) is 5.77. The van der Waals surface area contributed by atoms with Crippen LogP contribution in [-0.4, -0.2) is 0 Å². The lowest BCUT2D eigenvalue weighted by molar-refractivity contribution is 0.596. The molecular formula is C10H15NS. The molecular weight excluding hydrogens is 166 g/mol. The normalized spacial score (nSPS) is 19.5. The Labute approximate surface area is 77.6 Å². The second-order valence-electron chi connectivity index (χ2n) is 3.80. The lowest BCUT2D eigenvalue weighted by Crippen LogP contribution is -2.10. The summed E-state index contributed by atoms with van der Waals surface area (Å²) >= 11 is 1.76. The van der Waals surface area contributed by atoms with E-state index in [9.17, 15) is 0 Å². The molecule has 1 aromatic heterocycles. The van der Waals surface area contributed by atoms with Gasteiger partial charge in [-0.2, -0.15) is 11.3 Å². The van der Waals surface area contributed by atoms with Crippen molar-refractivity contribution in [1.29, 1.82) is 0 Å². The maximum absolute atomic E-state index is 6.09. The van der Waals surface area contributed by atoms with Crippen molar-refractivity contribution in [1.82, 2.24) is 0 Å². The molecule has 1 unspecified atom stereocenters. The smallest absolute Gasteiger partial charge is 0.0308 e. The zero-order valence-corrected chi connectivity index (χ0v) is 8.23. The summed E-state index contributed by atoms with van der Waals surface area (Å²) < 4.78 is 0.